The third-order valence-electron chi connectivity index (χ3n) is 2.99. The molecule has 4 nitrogen and oxygen atoms in total. The summed E-state index contributed by atoms with van der Waals surface area (Å²) in [6.45, 7) is 5.32. The molecular weight excluding hydrogens is 240 g/mol. The third kappa shape index (κ3) is 3.58. The van der Waals surface area contributed by atoms with Gasteiger partial charge in [0.2, 0.25) is 0 Å². The predicted octanol–water partition coefficient (Wildman–Crippen LogP) is 2.93. The van der Waals surface area contributed by atoms with Crippen LogP contribution in [0, 0.1) is 0 Å². The van der Waals surface area contributed by atoms with E-state index in [0.29, 0.717) is 6.61 Å². The first-order valence-corrected chi connectivity index (χ1v) is 6.60. The SMILES string of the molecule is CCCn1cncc1COc1cccc(C(C)O)c1. The summed E-state index contributed by atoms with van der Waals surface area (Å²) >= 11 is 0. The smallest absolute Gasteiger partial charge is 0.130 e. The minimum absolute atomic E-state index is 0.478. The average molecular weight is 260 g/mol. The molecule has 1 heterocycles. The minimum atomic E-state index is -0.478. The lowest BCUT2D eigenvalue weighted by Gasteiger charge is -2.11. The van der Waals surface area contributed by atoms with Crippen LogP contribution in [0.2, 0.25) is 0 Å². The maximum atomic E-state index is 9.54. The summed E-state index contributed by atoms with van der Waals surface area (Å²) in [5.41, 5.74) is 1.92. The molecule has 0 amide bonds. The van der Waals surface area contributed by atoms with E-state index in [4.69, 9.17) is 4.74 Å². The zero-order valence-corrected chi connectivity index (χ0v) is 11.4. The molecule has 0 saturated heterocycles. The van der Waals surface area contributed by atoms with Crippen LogP contribution < -0.4 is 4.74 Å². The van der Waals surface area contributed by atoms with Gasteiger partial charge in [-0.1, -0.05) is 19.1 Å². The van der Waals surface area contributed by atoms with Crippen LogP contribution in [0.25, 0.3) is 0 Å². The topological polar surface area (TPSA) is 47.3 Å². The molecule has 1 atom stereocenters. The minimum Gasteiger partial charge on any atom is -0.487 e. The number of aryl methyl sites for hydroxylation is 1. The summed E-state index contributed by atoms with van der Waals surface area (Å²) in [6.07, 6.45) is 4.25. The normalized spacial score (nSPS) is 12.4. The molecule has 2 aromatic rings. The molecule has 4 heteroatoms. The molecule has 0 spiro atoms. The quantitative estimate of drug-likeness (QED) is 0.868. The Balaban J connectivity index is 2.02. The van der Waals surface area contributed by atoms with Crippen LogP contribution in [0.4, 0.5) is 0 Å². The highest BCUT2D eigenvalue weighted by Gasteiger charge is 2.05. The average Bonchev–Trinajstić information content (AvgIpc) is 2.85. The molecule has 1 aromatic heterocycles. The number of hydrogen-bond acceptors (Lipinski definition) is 3. The summed E-state index contributed by atoms with van der Waals surface area (Å²) in [4.78, 5) is 4.14. The van der Waals surface area contributed by atoms with E-state index in [0.717, 1.165) is 30.0 Å². The van der Waals surface area contributed by atoms with Crippen molar-refractivity contribution in [1.82, 2.24) is 9.55 Å². The maximum absolute atomic E-state index is 9.54. The van der Waals surface area contributed by atoms with E-state index in [1.54, 1.807) is 6.92 Å². The number of ether oxygens (including phenoxy) is 1. The lowest BCUT2D eigenvalue weighted by molar-refractivity contribution is 0.198. The van der Waals surface area contributed by atoms with Gasteiger partial charge in [0.15, 0.2) is 0 Å². The number of aliphatic hydroxyl groups is 1. The number of hydrogen-bond donors (Lipinski definition) is 1. The first kappa shape index (κ1) is 13.6. The van der Waals surface area contributed by atoms with Gasteiger partial charge in [0.05, 0.1) is 24.3 Å². The van der Waals surface area contributed by atoms with Gasteiger partial charge < -0.3 is 14.4 Å². The van der Waals surface area contributed by atoms with Gasteiger partial charge in [0.25, 0.3) is 0 Å². The standard InChI is InChI=1S/C15H20N2O2/c1-3-7-17-11-16-9-14(17)10-19-15-6-4-5-13(8-15)12(2)18/h4-6,8-9,11-12,18H,3,7,10H2,1-2H3. The van der Waals surface area contributed by atoms with Crippen molar-refractivity contribution in [2.75, 3.05) is 0 Å². The van der Waals surface area contributed by atoms with Gasteiger partial charge in [-0.05, 0) is 31.0 Å². The molecule has 0 aliphatic rings. The van der Waals surface area contributed by atoms with Gasteiger partial charge in [-0.25, -0.2) is 4.98 Å². The lowest BCUT2D eigenvalue weighted by Crippen LogP contribution is -2.05. The number of aromatic nitrogens is 2. The van der Waals surface area contributed by atoms with Gasteiger partial charge >= 0.3 is 0 Å². The summed E-state index contributed by atoms with van der Waals surface area (Å²) in [7, 11) is 0. The Kier molecular flexibility index (Phi) is 4.58. The monoisotopic (exact) mass is 260 g/mol. The molecule has 1 aromatic carbocycles. The Morgan fingerprint density at radius 3 is 3.00 bits per heavy atom. The summed E-state index contributed by atoms with van der Waals surface area (Å²) in [6, 6.07) is 7.54. The summed E-state index contributed by atoms with van der Waals surface area (Å²) < 4.78 is 7.85. The zero-order chi connectivity index (χ0) is 13.7. The van der Waals surface area contributed by atoms with Crippen molar-refractivity contribution in [3.8, 4) is 5.75 Å². The summed E-state index contributed by atoms with van der Waals surface area (Å²) in [5, 5.41) is 9.54. The Labute approximate surface area is 113 Å². The first-order chi connectivity index (χ1) is 9.20. The number of aliphatic hydroxyl groups excluding tert-OH is 1. The molecule has 102 valence electrons. The first-order valence-electron chi connectivity index (χ1n) is 6.60. The molecule has 0 bridgehead atoms. The Bertz CT molecular complexity index is 520. The third-order valence-corrected chi connectivity index (χ3v) is 2.99. The van der Waals surface area contributed by atoms with E-state index in [1.165, 1.54) is 0 Å². The van der Waals surface area contributed by atoms with E-state index in [-0.39, 0.29) is 0 Å². The van der Waals surface area contributed by atoms with Crippen LogP contribution in [-0.4, -0.2) is 14.7 Å². The molecular formula is C15H20N2O2. The van der Waals surface area contributed by atoms with Crippen LogP contribution in [0.1, 0.15) is 37.6 Å². The van der Waals surface area contributed by atoms with Crippen LogP contribution >= 0.6 is 0 Å². The van der Waals surface area contributed by atoms with Crippen molar-refractivity contribution in [3.63, 3.8) is 0 Å². The van der Waals surface area contributed by atoms with Crippen molar-refractivity contribution < 1.29 is 9.84 Å². The van der Waals surface area contributed by atoms with Crippen LogP contribution in [0.15, 0.2) is 36.8 Å². The Morgan fingerprint density at radius 1 is 1.42 bits per heavy atom. The van der Waals surface area contributed by atoms with Gasteiger partial charge in [-0.15, -0.1) is 0 Å². The molecule has 0 saturated carbocycles. The maximum Gasteiger partial charge on any atom is 0.130 e. The number of imidazole rings is 1. The molecule has 0 radical (unpaired) electrons. The Morgan fingerprint density at radius 2 is 2.26 bits per heavy atom. The van der Waals surface area contributed by atoms with Crippen molar-refractivity contribution >= 4 is 0 Å². The lowest BCUT2D eigenvalue weighted by atomic mass is 10.1. The van der Waals surface area contributed by atoms with Crippen LogP contribution in [0.3, 0.4) is 0 Å². The fraction of sp³-hybridized carbons (Fsp3) is 0.400. The second-order valence-corrected chi connectivity index (χ2v) is 4.62. The van der Waals surface area contributed by atoms with Crippen LogP contribution in [-0.2, 0) is 13.2 Å². The number of rotatable bonds is 6. The van der Waals surface area contributed by atoms with Gasteiger partial charge in [-0.3, -0.25) is 0 Å². The van der Waals surface area contributed by atoms with E-state index in [2.05, 4.69) is 16.5 Å². The molecule has 19 heavy (non-hydrogen) atoms. The van der Waals surface area contributed by atoms with E-state index < -0.39 is 6.10 Å². The molecule has 0 aliphatic carbocycles. The number of nitrogens with zero attached hydrogens (tertiary/aromatic N) is 2. The van der Waals surface area contributed by atoms with Gasteiger partial charge in [0, 0.05) is 6.54 Å². The highest BCUT2D eigenvalue weighted by Crippen LogP contribution is 2.19. The second kappa shape index (κ2) is 6.38. The van der Waals surface area contributed by atoms with E-state index in [1.807, 2.05) is 36.8 Å². The largest absolute Gasteiger partial charge is 0.487 e. The molecule has 0 aliphatic heterocycles. The molecule has 1 unspecified atom stereocenters. The van der Waals surface area contributed by atoms with E-state index in [9.17, 15) is 5.11 Å². The van der Waals surface area contributed by atoms with Crippen molar-refractivity contribution in [1.29, 1.82) is 0 Å². The fourth-order valence-electron chi connectivity index (χ4n) is 1.93. The molecule has 0 fully saturated rings. The fourth-order valence-corrected chi connectivity index (χ4v) is 1.93. The number of benzene rings is 1. The predicted molar refractivity (Wildman–Crippen MR) is 73.9 cm³/mol. The van der Waals surface area contributed by atoms with Gasteiger partial charge in [0.1, 0.15) is 12.4 Å². The van der Waals surface area contributed by atoms with Gasteiger partial charge in [-0.2, -0.15) is 0 Å². The highest BCUT2D eigenvalue weighted by atomic mass is 16.5. The van der Waals surface area contributed by atoms with E-state index >= 15 is 0 Å². The summed E-state index contributed by atoms with van der Waals surface area (Å²) in [5.74, 6) is 0.766. The molecule has 2 rings (SSSR count). The highest BCUT2D eigenvalue weighted by molar-refractivity contribution is 5.29. The zero-order valence-electron chi connectivity index (χ0n) is 11.4. The van der Waals surface area contributed by atoms with Crippen molar-refractivity contribution in [3.05, 3.63) is 48.0 Å². The van der Waals surface area contributed by atoms with Crippen LogP contribution in [0.5, 0.6) is 5.75 Å². The Hall–Kier alpha value is -1.81. The molecule has 1 N–H and O–H groups in total. The second-order valence-electron chi connectivity index (χ2n) is 4.62. The van der Waals surface area contributed by atoms with Crippen molar-refractivity contribution in [2.24, 2.45) is 0 Å². The van der Waals surface area contributed by atoms with Crippen molar-refractivity contribution in [2.45, 2.75) is 39.5 Å².